The molecule has 0 unspecified atom stereocenters. The van der Waals surface area contributed by atoms with E-state index in [0.717, 1.165) is 11.3 Å². The van der Waals surface area contributed by atoms with Gasteiger partial charge >= 0.3 is 0 Å². The molecule has 2 rings (SSSR count). The highest BCUT2D eigenvalue weighted by Gasteiger charge is 2.10. The maximum absolute atomic E-state index is 11.3. The summed E-state index contributed by atoms with van der Waals surface area (Å²) in [5, 5.41) is 10.2. The normalized spacial score (nSPS) is 10.9. The maximum Gasteiger partial charge on any atom is 0.221 e. The van der Waals surface area contributed by atoms with Crippen molar-refractivity contribution >= 4 is 64.7 Å². The zero-order chi connectivity index (χ0) is 20.0. The van der Waals surface area contributed by atoms with Crippen LogP contribution in [0.2, 0.25) is 10.2 Å². The Balaban J connectivity index is 0.00000392. The number of ether oxygens (including phenoxy) is 1. The van der Waals surface area contributed by atoms with Crippen molar-refractivity contribution in [2.45, 2.75) is 20.0 Å². The van der Waals surface area contributed by atoms with E-state index in [0.29, 0.717) is 40.7 Å². The Hall–Kier alpha value is -1.65. The van der Waals surface area contributed by atoms with Crippen LogP contribution < -0.4 is 20.7 Å². The number of carbonyl (C=O) groups is 1. The van der Waals surface area contributed by atoms with Crippen LogP contribution in [-0.2, 0) is 24.9 Å². The van der Waals surface area contributed by atoms with Gasteiger partial charge in [0, 0.05) is 33.3 Å². The topological polar surface area (TPSA) is 79.7 Å². The molecule has 10 heteroatoms. The first kappa shape index (κ1) is 24.4. The van der Waals surface area contributed by atoms with Crippen LogP contribution >= 0.6 is 47.2 Å². The number of guanidine groups is 1. The molecule has 0 aliphatic carbocycles. The van der Waals surface area contributed by atoms with E-state index in [1.165, 1.54) is 6.92 Å². The number of halogens is 3. The summed E-state index contributed by atoms with van der Waals surface area (Å²) >= 11 is 12.1. The molecule has 154 valence electrons. The van der Waals surface area contributed by atoms with Gasteiger partial charge in [0.1, 0.15) is 10.9 Å². The highest BCUT2D eigenvalue weighted by Crippen LogP contribution is 2.26. The molecule has 0 aliphatic heterocycles. The minimum absolute atomic E-state index is 0. The predicted octanol–water partition coefficient (Wildman–Crippen LogP) is 3.78. The Morgan fingerprint density at radius 1 is 1.21 bits per heavy atom. The smallest absolute Gasteiger partial charge is 0.221 e. The van der Waals surface area contributed by atoms with Crippen LogP contribution in [-0.4, -0.2) is 30.6 Å². The highest BCUT2D eigenvalue weighted by molar-refractivity contribution is 14.0. The maximum atomic E-state index is 11.3. The molecular formula is C18H24Cl2IN5O2. The summed E-state index contributed by atoms with van der Waals surface area (Å²) < 4.78 is 7.08. The van der Waals surface area contributed by atoms with Gasteiger partial charge in [-0.1, -0.05) is 29.3 Å². The number of benzene rings is 1. The molecule has 28 heavy (non-hydrogen) atoms. The van der Waals surface area contributed by atoms with Gasteiger partial charge in [0.25, 0.3) is 0 Å². The largest absolute Gasteiger partial charge is 0.495 e. The summed E-state index contributed by atoms with van der Waals surface area (Å²) in [7, 11) is 5.10. The van der Waals surface area contributed by atoms with Crippen LogP contribution in [0.4, 0.5) is 5.69 Å². The number of methoxy groups -OCH3 is 1. The van der Waals surface area contributed by atoms with Crippen molar-refractivity contribution in [1.82, 2.24) is 15.2 Å². The van der Waals surface area contributed by atoms with Gasteiger partial charge in [0.2, 0.25) is 5.91 Å². The fourth-order valence-electron chi connectivity index (χ4n) is 2.49. The third-order valence-electron chi connectivity index (χ3n) is 3.91. The van der Waals surface area contributed by atoms with Crippen LogP contribution in [0.15, 0.2) is 29.3 Å². The first-order chi connectivity index (χ1) is 12.8. The van der Waals surface area contributed by atoms with Gasteiger partial charge in [-0.3, -0.25) is 9.79 Å². The van der Waals surface area contributed by atoms with Crippen molar-refractivity contribution < 1.29 is 9.53 Å². The number of aromatic nitrogens is 1. The van der Waals surface area contributed by atoms with Crippen molar-refractivity contribution in [2.75, 3.05) is 19.5 Å². The SMILES string of the molecule is CN=C(NCc1ccc(OC)c(NC(C)=O)c1)NCc1cc(Cl)c(Cl)n1C.I. The molecule has 0 saturated heterocycles. The summed E-state index contributed by atoms with van der Waals surface area (Å²) in [5.41, 5.74) is 2.53. The molecule has 1 amide bonds. The number of nitrogens with zero attached hydrogens (tertiary/aromatic N) is 2. The Labute approximate surface area is 191 Å². The van der Waals surface area contributed by atoms with Crippen LogP contribution in [0.3, 0.4) is 0 Å². The molecule has 0 bridgehead atoms. The summed E-state index contributed by atoms with van der Waals surface area (Å²) in [6.45, 7) is 2.49. The van der Waals surface area contributed by atoms with E-state index in [1.807, 2.05) is 35.9 Å². The van der Waals surface area contributed by atoms with Crippen molar-refractivity contribution in [3.63, 3.8) is 0 Å². The lowest BCUT2D eigenvalue weighted by molar-refractivity contribution is -0.114. The van der Waals surface area contributed by atoms with Crippen LogP contribution in [0.1, 0.15) is 18.2 Å². The van der Waals surface area contributed by atoms with Crippen molar-refractivity contribution in [2.24, 2.45) is 12.0 Å². The van der Waals surface area contributed by atoms with Gasteiger partial charge in [-0.15, -0.1) is 24.0 Å². The second kappa shape index (κ2) is 11.4. The van der Waals surface area contributed by atoms with Gasteiger partial charge < -0.3 is 25.3 Å². The monoisotopic (exact) mass is 539 g/mol. The number of aliphatic imine (C=N–C) groups is 1. The molecule has 1 aromatic carbocycles. The third-order valence-corrected chi connectivity index (χ3v) is 4.75. The fraction of sp³-hybridized carbons (Fsp3) is 0.333. The summed E-state index contributed by atoms with van der Waals surface area (Å²) in [5.74, 6) is 1.07. The molecule has 1 heterocycles. The third kappa shape index (κ3) is 6.46. The lowest BCUT2D eigenvalue weighted by atomic mass is 10.2. The van der Waals surface area contributed by atoms with E-state index in [4.69, 9.17) is 27.9 Å². The van der Waals surface area contributed by atoms with E-state index in [2.05, 4.69) is 20.9 Å². The van der Waals surface area contributed by atoms with Crippen molar-refractivity contribution in [3.05, 3.63) is 45.7 Å². The Bertz CT molecular complexity index is 855. The second-order valence-electron chi connectivity index (χ2n) is 5.83. The standard InChI is InChI=1S/C18H23Cl2N5O2.HI/c1-11(26)24-15-7-12(5-6-16(15)27-4)9-22-18(21-2)23-10-13-8-14(19)17(20)25(13)3;/h5-8H,9-10H2,1-4H3,(H,24,26)(H2,21,22,23);1H. The number of amides is 1. The van der Waals surface area contributed by atoms with Crippen LogP contribution in [0.25, 0.3) is 0 Å². The number of anilines is 1. The Morgan fingerprint density at radius 3 is 2.43 bits per heavy atom. The molecule has 3 N–H and O–H groups in total. The lowest BCUT2D eigenvalue weighted by Crippen LogP contribution is -2.36. The molecular weight excluding hydrogens is 516 g/mol. The number of rotatable bonds is 6. The highest BCUT2D eigenvalue weighted by atomic mass is 127. The molecule has 0 atom stereocenters. The zero-order valence-corrected chi connectivity index (χ0v) is 19.9. The predicted molar refractivity (Wildman–Crippen MR) is 125 cm³/mol. The first-order valence-corrected chi connectivity index (χ1v) is 9.00. The van der Waals surface area contributed by atoms with E-state index >= 15 is 0 Å². The van der Waals surface area contributed by atoms with Gasteiger partial charge in [0.05, 0.1) is 24.4 Å². The number of hydrogen-bond donors (Lipinski definition) is 3. The Morgan fingerprint density at radius 2 is 1.89 bits per heavy atom. The van der Waals surface area contributed by atoms with E-state index < -0.39 is 0 Å². The quantitative estimate of drug-likeness (QED) is 0.296. The average Bonchev–Trinajstić information content (AvgIpc) is 2.88. The minimum Gasteiger partial charge on any atom is -0.495 e. The number of carbonyl (C=O) groups excluding carboxylic acids is 1. The van der Waals surface area contributed by atoms with Gasteiger partial charge in [-0.25, -0.2) is 0 Å². The van der Waals surface area contributed by atoms with Gasteiger partial charge in [-0.2, -0.15) is 0 Å². The molecule has 0 aliphatic rings. The molecule has 1 aromatic heterocycles. The van der Waals surface area contributed by atoms with Crippen LogP contribution in [0.5, 0.6) is 5.75 Å². The van der Waals surface area contributed by atoms with Crippen molar-refractivity contribution in [3.8, 4) is 5.75 Å². The lowest BCUT2D eigenvalue weighted by Gasteiger charge is -2.14. The number of hydrogen-bond acceptors (Lipinski definition) is 3. The first-order valence-electron chi connectivity index (χ1n) is 8.24. The second-order valence-corrected chi connectivity index (χ2v) is 6.59. The molecule has 7 nitrogen and oxygen atoms in total. The van der Waals surface area contributed by atoms with Crippen LogP contribution in [0, 0.1) is 0 Å². The molecule has 2 aromatic rings. The summed E-state index contributed by atoms with van der Waals surface area (Å²) in [6, 6.07) is 7.40. The molecule has 0 radical (unpaired) electrons. The number of nitrogens with one attached hydrogen (secondary N) is 3. The van der Waals surface area contributed by atoms with Crippen molar-refractivity contribution in [1.29, 1.82) is 0 Å². The molecule has 0 saturated carbocycles. The molecule has 0 spiro atoms. The Kier molecular flexibility index (Phi) is 9.91. The molecule has 0 fully saturated rings. The summed E-state index contributed by atoms with van der Waals surface area (Å²) in [4.78, 5) is 15.6. The fourth-order valence-corrected chi connectivity index (χ4v) is 2.91. The summed E-state index contributed by atoms with van der Waals surface area (Å²) in [6.07, 6.45) is 0. The van der Waals surface area contributed by atoms with Gasteiger partial charge in [-0.05, 0) is 23.8 Å². The van der Waals surface area contributed by atoms with Gasteiger partial charge in [0.15, 0.2) is 5.96 Å². The average molecular weight is 540 g/mol. The zero-order valence-electron chi connectivity index (χ0n) is 16.1. The minimum atomic E-state index is -0.157. The van der Waals surface area contributed by atoms with E-state index in [-0.39, 0.29) is 29.9 Å². The van der Waals surface area contributed by atoms with E-state index in [9.17, 15) is 4.79 Å². The van der Waals surface area contributed by atoms with E-state index in [1.54, 1.807) is 14.2 Å².